The fourth-order valence-electron chi connectivity index (χ4n) is 5.10. The molecule has 3 unspecified atom stereocenters. The SMILES string of the molecule is O=C(CCC(CC(c1ccccc1)(C(O)c1ccccc1)P(=O)(O)O)C(=O)OCc1ccccc1)OCc1ccccc1. The van der Waals surface area contributed by atoms with Crippen LogP contribution in [0.15, 0.2) is 121 Å². The van der Waals surface area contributed by atoms with Gasteiger partial charge in [0.15, 0.2) is 0 Å². The molecule has 0 spiro atoms. The van der Waals surface area contributed by atoms with Crippen LogP contribution < -0.4 is 0 Å². The van der Waals surface area contributed by atoms with E-state index in [1.807, 2.05) is 36.4 Å². The van der Waals surface area contributed by atoms with Gasteiger partial charge in [0.1, 0.15) is 24.5 Å². The summed E-state index contributed by atoms with van der Waals surface area (Å²) in [6.45, 7) is -0.0178. The Balaban J connectivity index is 1.66. The topological polar surface area (TPSA) is 130 Å². The zero-order valence-corrected chi connectivity index (χ0v) is 24.5. The van der Waals surface area contributed by atoms with Crippen molar-refractivity contribution in [2.45, 2.75) is 43.7 Å². The Hall–Kier alpha value is -4.07. The summed E-state index contributed by atoms with van der Waals surface area (Å²) < 4.78 is 24.5. The van der Waals surface area contributed by atoms with Crippen LogP contribution in [-0.2, 0) is 42.0 Å². The van der Waals surface area contributed by atoms with Gasteiger partial charge in [-0.1, -0.05) is 121 Å². The second-order valence-electron chi connectivity index (χ2n) is 10.3. The molecule has 0 aliphatic heterocycles. The average Bonchev–Trinajstić information content (AvgIpc) is 3.03. The van der Waals surface area contributed by atoms with Gasteiger partial charge in [-0.3, -0.25) is 14.2 Å². The minimum Gasteiger partial charge on any atom is -0.461 e. The molecule has 0 fully saturated rings. The third kappa shape index (κ3) is 8.27. The summed E-state index contributed by atoms with van der Waals surface area (Å²) in [5, 5.41) is 9.49. The van der Waals surface area contributed by atoms with Crippen LogP contribution in [0, 0.1) is 5.92 Å². The van der Waals surface area contributed by atoms with Crippen molar-refractivity contribution in [3.05, 3.63) is 144 Å². The van der Waals surface area contributed by atoms with Gasteiger partial charge in [0.25, 0.3) is 0 Å². The molecule has 0 aromatic heterocycles. The zero-order valence-electron chi connectivity index (χ0n) is 23.6. The number of benzene rings is 4. The Labute approximate surface area is 251 Å². The predicted octanol–water partition coefficient (Wildman–Crippen LogP) is 6.07. The highest BCUT2D eigenvalue weighted by atomic mass is 31.2. The van der Waals surface area contributed by atoms with Crippen molar-refractivity contribution in [3.8, 4) is 0 Å². The molecule has 0 aliphatic carbocycles. The molecule has 0 heterocycles. The molecule has 0 bridgehead atoms. The van der Waals surface area contributed by atoms with E-state index in [1.165, 1.54) is 12.1 Å². The summed E-state index contributed by atoms with van der Waals surface area (Å²) >= 11 is 0. The molecule has 0 saturated carbocycles. The Morgan fingerprint density at radius 2 is 1.16 bits per heavy atom. The molecular weight excluding hydrogens is 567 g/mol. The van der Waals surface area contributed by atoms with Crippen LogP contribution in [0.3, 0.4) is 0 Å². The lowest BCUT2D eigenvalue weighted by Gasteiger charge is -2.41. The smallest absolute Gasteiger partial charge is 0.339 e. The summed E-state index contributed by atoms with van der Waals surface area (Å²) in [6.07, 6.45) is -2.49. The van der Waals surface area contributed by atoms with Crippen molar-refractivity contribution in [1.82, 2.24) is 0 Å². The van der Waals surface area contributed by atoms with Crippen LogP contribution in [0.5, 0.6) is 0 Å². The molecule has 0 radical (unpaired) electrons. The second-order valence-corrected chi connectivity index (χ2v) is 12.2. The molecule has 4 aromatic rings. The highest BCUT2D eigenvalue weighted by Gasteiger charge is 2.56. The fraction of sp³-hybridized carbons (Fsp3) is 0.235. The Bertz CT molecular complexity index is 1490. The minimum absolute atomic E-state index is 0.0476. The van der Waals surface area contributed by atoms with Crippen molar-refractivity contribution in [1.29, 1.82) is 0 Å². The number of aliphatic hydroxyl groups is 1. The van der Waals surface area contributed by atoms with Gasteiger partial charge in [0, 0.05) is 6.42 Å². The van der Waals surface area contributed by atoms with E-state index in [1.54, 1.807) is 72.8 Å². The first-order valence-electron chi connectivity index (χ1n) is 13.9. The van der Waals surface area contributed by atoms with Gasteiger partial charge in [-0.15, -0.1) is 0 Å². The molecule has 0 saturated heterocycles. The lowest BCUT2D eigenvalue weighted by molar-refractivity contribution is -0.152. The van der Waals surface area contributed by atoms with Crippen LogP contribution in [0.4, 0.5) is 0 Å². The van der Waals surface area contributed by atoms with Crippen LogP contribution in [0.2, 0.25) is 0 Å². The lowest BCUT2D eigenvalue weighted by Crippen LogP contribution is -2.38. The number of carbonyl (C=O) groups excluding carboxylic acids is 2. The quantitative estimate of drug-likeness (QED) is 0.117. The molecule has 0 aliphatic rings. The fourth-order valence-corrected chi connectivity index (χ4v) is 6.51. The van der Waals surface area contributed by atoms with E-state index >= 15 is 0 Å². The van der Waals surface area contributed by atoms with Gasteiger partial charge < -0.3 is 24.4 Å². The van der Waals surface area contributed by atoms with Gasteiger partial charge in [-0.05, 0) is 35.1 Å². The van der Waals surface area contributed by atoms with Crippen molar-refractivity contribution >= 4 is 19.5 Å². The summed E-state index contributed by atoms with van der Waals surface area (Å²) in [5.74, 6) is -2.48. The zero-order chi connectivity index (χ0) is 30.7. The van der Waals surface area contributed by atoms with E-state index in [9.17, 15) is 29.0 Å². The first-order valence-corrected chi connectivity index (χ1v) is 15.6. The van der Waals surface area contributed by atoms with E-state index in [-0.39, 0.29) is 37.2 Å². The van der Waals surface area contributed by atoms with E-state index in [0.29, 0.717) is 0 Å². The molecular formula is C34H35O8P. The van der Waals surface area contributed by atoms with Gasteiger partial charge in [0.2, 0.25) is 0 Å². The van der Waals surface area contributed by atoms with Gasteiger partial charge in [-0.2, -0.15) is 0 Å². The highest BCUT2D eigenvalue weighted by molar-refractivity contribution is 7.53. The monoisotopic (exact) mass is 602 g/mol. The van der Waals surface area contributed by atoms with Gasteiger partial charge in [-0.25, -0.2) is 0 Å². The maximum absolute atomic E-state index is 13.6. The van der Waals surface area contributed by atoms with Crippen molar-refractivity contribution in [2.24, 2.45) is 5.92 Å². The normalized spacial score (nSPS) is 14.2. The maximum atomic E-state index is 13.6. The van der Waals surface area contributed by atoms with E-state index < -0.39 is 43.1 Å². The maximum Gasteiger partial charge on any atom is 0.339 e. The number of carbonyl (C=O) groups is 2. The average molecular weight is 603 g/mol. The number of esters is 2. The molecule has 8 nitrogen and oxygen atoms in total. The molecule has 3 N–H and O–H groups in total. The second kappa shape index (κ2) is 14.9. The molecule has 4 rings (SSSR count). The molecule has 0 amide bonds. The number of hydrogen-bond donors (Lipinski definition) is 3. The van der Waals surface area contributed by atoms with Crippen LogP contribution >= 0.6 is 7.60 Å². The lowest BCUT2D eigenvalue weighted by atomic mass is 9.80. The Morgan fingerprint density at radius 3 is 1.67 bits per heavy atom. The van der Waals surface area contributed by atoms with E-state index in [4.69, 9.17) is 9.47 Å². The highest BCUT2D eigenvalue weighted by Crippen LogP contribution is 2.66. The van der Waals surface area contributed by atoms with Crippen molar-refractivity contribution in [2.75, 3.05) is 0 Å². The molecule has 43 heavy (non-hydrogen) atoms. The first-order chi connectivity index (χ1) is 20.7. The van der Waals surface area contributed by atoms with Gasteiger partial charge >= 0.3 is 19.5 Å². The molecule has 3 atom stereocenters. The molecule has 4 aromatic carbocycles. The summed E-state index contributed by atoms with van der Waals surface area (Å²) in [7, 11) is -5.20. The number of ether oxygens (including phenoxy) is 2. The summed E-state index contributed by atoms with van der Waals surface area (Å²) in [4.78, 5) is 48.2. The standard InChI is InChI=1S/C34H35O8P/c35-31(41-24-26-13-5-1-6-14-26)22-21-29(33(37)42-25-27-15-7-2-8-16-27)23-34(43(38,39)40,30-19-11-4-12-20-30)32(36)28-17-9-3-10-18-28/h1-20,29,32,36H,21-25H2,(H2,38,39,40). The van der Waals surface area contributed by atoms with Crippen LogP contribution in [0.25, 0.3) is 0 Å². The van der Waals surface area contributed by atoms with E-state index in [0.717, 1.165) is 11.1 Å². The van der Waals surface area contributed by atoms with Gasteiger partial charge in [0.05, 0.1) is 5.92 Å². The summed E-state index contributed by atoms with van der Waals surface area (Å²) in [6, 6.07) is 34.3. The number of rotatable bonds is 14. The van der Waals surface area contributed by atoms with E-state index in [2.05, 4.69) is 0 Å². The molecule has 9 heteroatoms. The number of hydrogen-bond acceptors (Lipinski definition) is 6. The number of aliphatic hydroxyl groups excluding tert-OH is 1. The summed E-state index contributed by atoms with van der Waals surface area (Å²) in [5.41, 5.74) is 1.95. The third-order valence-corrected chi connectivity index (χ3v) is 9.14. The predicted molar refractivity (Wildman–Crippen MR) is 161 cm³/mol. The minimum atomic E-state index is -5.20. The van der Waals surface area contributed by atoms with Crippen LogP contribution in [-0.4, -0.2) is 26.8 Å². The van der Waals surface area contributed by atoms with Crippen LogP contribution in [0.1, 0.15) is 47.6 Å². The van der Waals surface area contributed by atoms with Crippen molar-refractivity contribution in [3.63, 3.8) is 0 Å². The largest absolute Gasteiger partial charge is 0.461 e. The Morgan fingerprint density at radius 1 is 0.698 bits per heavy atom. The first kappa shape index (κ1) is 31.9. The third-order valence-electron chi connectivity index (χ3n) is 7.42. The Kier molecular flexibility index (Phi) is 11.0. The molecule has 224 valence electrons. The van der Waals surface area contributed by atoms with Crippen molar-refractivity contribution < 1.29 is 38.5 Å².